The minimum atomic E-state index is -0.427. The molecule has 4 rings (SSSR count). The van der Waals surface area contributed by atoms with Gasteiger partial charge >= 0.3 is 0 Å². The topological polar surface area (TPSA) is 129 Å². The van der Waals surface area contributed by atoms with Crippen LogP contribution in [0.5, 0.6) is 0 Å². The Labute approximate surface area is 174 Å². The number of nitro benzene ring substituents is 1. The van der Waals surface area contributed by atoms with Gasteiger partial charge in [-0.05, 0) is 41.1 Å². The summed E-state index contributed by atoms with van der Waals surface area (Å²) in [6.07, 6.45) is 2.03. The van der Waals surface area contributed by atoms with Gasteiger partial charge in [0.15, 0.2) is 5.13 Å². The lowest BCUT2D eigenvalue weighted by Gasteiger charge is -2.04. The number of nitrogens with one attached hydrogen (secondary N) is 1. The fourth-order valence-corrected chi connectivity index (χ4v) is 3.80. The summed E-state index contributed by atoms with van der Waals surface area (Å²) in [5, 5.41) is 25.1. The number of carbonyl (C=O) groups excluding carboxylic acids is 1. The molecule has 2 aromatic carbocycles. The number of nitro groups is 1. The van der Waals surface area contributed by atoms with Gasteiger partial charge < -0.3 is 0 Å². The van der Waals surface area contributed by atoms with Crippen LogP contribution in [-0.2, 0) is 6.42 Å². The van der Waals surface area contributed by atoms with E-state index in [2.05, 4.69) is 25.8 Å². The molecule has 150 valence electrons. The fraction of sp³-hybridized carbons (Fsp3) is 0.105. The van der Waals surface area contributed by atoms with Crippen LogP contribution in [0.25, 0.3) is 5.69 Å². The van der Waals surface area contributed by atoms with Crippen LogP contribution >= 0.6 is 11.3 Å². The minimum Gasteiger partial charge on any atom is -0.298 e. The van der Waals surface area contributed by atoms with Crippen LogP contribution < -0.4 is 5.32 Å². The maximum atomic E-state index is 12.6. The van der Waals surface area contributed by atoms with E-state index in [9.17, 15) is 14.9 Å². The van der Waals surface area contributed by atoms with Gasteiger partial charge in [0.2, 0.25) is 0 Å². The molecular formula is C19H15N7O3S. The molecule has 4 aromatic rings. The molecule has 0 aliphatic rings. The van der Waals surface area contributed by atoms with E-state index >= 15 is 0 Å². The van der Waals surface area contributed by atoms with E-state index in [4.69, 9.17) is 0 Å². The number of non-ortho nitro benzene ring substituents is 1. The van der Waals surface area contributed by atoms with Crippen LogP contribution in [0, 0.1) is 17.0 Å². The van der Waals surface area contributed by atoms with E-state index in [1.807, 2.05) is 6.92 Å². The highest BCUT2D eigenvalue weighted by atomic mass is 32.1. The third-order valence-electron chi connectivity index (χ3n) is 4.35. The quantitative estimate of drug-likeness (QED) is 0.374. The van der Waals surface area contributed by atoms with E-state index in [1.54, 1.807) is 36.4 Å². The Morgan fingerprint density at radius 2 is 2.03 bits per heavy atom. The molecule has 0 saturated heterocycles. The Balaban J connectivity index is 1.47. The van der Waals surface area contributed by atoms with Crippen LogP contribution in [0.3, 0.4) is 0 Å². The van der Waals surface area contributed by atoms with E-state index < -0.39 is 4.92 Å². The second kappa shape index (κ2) is 8.17. The molecule has 0 atom stereocenters. The van der Waals surface area contributed by atoms with Gasteiger partial charge in [-0.25, -0.2) is 9.67 Å². The summed E-state index contributed by atoms with van der Waals surface area (Å²) in [7, 11) is 0. The highest BCUT2D eigenvalue weighted by Crippen LogP contribution is 2.26. The SMILES string of the molecule is Cc1nc(NC(=O)c2cccc(-n3cnnn3)c2)sc1Cc1ccc([N+](=O)[O-])cc1. The van der Waals surface area contributed by atoms with Crippen molar-refractivity contribution in [3.8, 4) is 5.69 Å². The summed E-state index contributed by atoms with van der Waals surface area (Å²) in [6.45, 7) is 1.87. The second-order valence-electron chi connectivity index (χ2n) is 6.39. The van der Waals surface area contributed by atoms with Crippen molar-refractivity contribution in [1.82, 2.24) is 25.2 Å². The number of hydrogen-bond donors (Lipinski definition) is 1. The van der Waals surface area contributed by atoms with Gasteiger partial charge in [-0.3, -0.25) is 20.2 Å². The molecule has 0 fully saturated rings. The first-order valence-electron chi connectivity index (χ1n) is 8.84. The van der Waals surface area contributed by atoms with Crippen molar-refractivity contribution >= 4 is 28.1 Å². The lowest BCUT2D eigenvalue weighted by molar-refractivity contribution is -0.384. The molecule has 2 aromatic heterocycles. The average molecular weight is 421 g/mol. The van der Waals surface area contributed by atoms with E-state index in [-0.39, 0.29) is 11.6 Å². The number of thiazole rings is 1. The Kier molecular flexibility index (Phi) is 5.26. The maximum absolute atomic E-state index is 12.6. The molecule has 0 saturated carbocycles. The van der Waals surface area contributed by atoms with Gasteiger partial charge in [0.1, 0.15) is 6.33 Å². The van der Waals surface area contributed by atoms with Crippen molar-refractivity contribution in [3.63, 3.8) is 0 Å². The number of benzene rings is 2. The first-order chi connectivity index (χ1) is 14.5. The lowest BCUT2D eigenvalue weighted by atomic mass is 10.1. The molecule has 30 heavy (non-hydrogen) atoms. The third kappa shape index (κ3) is 4.20. The first kappa shape index (κ1) is 19.3. The fourth-order valence-electron chi connectivity index (χ4n) is 2.80. The molecule has 0 spiro atoms. The second-order valence-corrected chi connectivity index (χ2v) is 7.47. The molecule has 0 unspecified atom stereocenters. The summed E-state index contributed by atoms with van der Waals surface area (Å²) in [4.78, 5) is 28.4. The molecule has 10 nitrogen and oxygen atoms in total. The van der Waals surface area contributed by atoms with Crippen LogP contribution in [0.4, 0.5) is 10.8 Å². The van der Waals surface area contributed by atoms with E-state index in [1.165, 1.54) is 34.5 Å². The molecular weight excluding hydrogens is 406 g/mol. The van der Waals surface area contributed by atoms with Gasteiger partial charge in [-0.15, -0.1) is 16.4 Å². The summed E-state index contributed by atoms with van der Waals surface area (Å²) in [5.41, 5.74) is 2.90. The van der Waals surface area contributed by atoms with Gasteiger partial charge in [0.25, 0.3) is 11.6 Å². The highest BCUT2D eigenvalue weighted by molar-refractivity contribution is 7.15. The Morgan fingerprint density at radius 1 is 1.23 bits per heavy atom. The van der Waals surface area contributed by atoms with Crippen molar-refractivity contribution < 1.29 is 9.72 Å². The molecule has 11 heteroatoms. The average Bonchev–Trinajstić information content (AvgIpc) is 3.39. The normalized spacial score (nSPS) is 10.7. The number of rotatable bonds is 6. The van der Waals surface area contributed by atoms with Crippen LogP contribution in [0.15, 0.2) is 54.9 Å². The predicted molar refractivity (Wildman–Crippen MR) is 110 cm³/mol. The van der Waals surface area contributed by atoms with Gasteiger partial charge in [0.05, 0.1) is 16.3 Å². The monoisotopic (exact) mass is 421 g/mol. The van der Waals surface area contributed by atoms with Gasteiger partial charge in [-0.1, -0.05) is 18.2 Å². The third-order valence-corrected chi connectivity index (χ3v) is 5.42. The number of hydrogen-bond acceptors (Lipinski definition) is 8. The number of nitrogens with zero attached hydrogens (tertiary/aromatic N) is 6. The number of anilines is 1. The number of tetrazole rings is 1. The number of aromatic nitrogens is 5. The first-order valence-corrected chi connectivity index (χ1v) is 9.65. The summed E-state index contributed by atoms with van der Waals surface area (Å²) >= 11 is 1.38. The van der Waals surface area contributed by atoms with E-state index in [0.29, 0.717) is 22.8 Å². The Morgan fingerprint density at radius 3 is 2.73 bits per heavy atom. The smallest absolute Gasteiger partial charge is 0.269 e. The van der Waals surface area contributed by atoms with Crippen molar-refractivity contribution in [1.29, 1.82) is 0 Å². The molecule has 1 amide bonds. The molecule has 2 heterocycles. The molecule has 1 N–H and O–H groups in total. The zero-order valence-electron chi connectivity index (χ0n) is 15.7. The Hall–Kier alpha value is -3.99. The van der Waals surface area contributed by atoms with Crippen molar-refractivity contribution in [2.24, 2.45) is 0 Å². The van der Waals surface area contributed by atoms with Crippen LogP contribution in [-0.4, -0.2) is 36.0 Å². The zero-order chi connectivity index (χ0) is 21.1. The van der Waals surface area contributed by atoms with Crippen molar-refractivity contribution in [2.75, 3.05) is 5.32 Å². The van der Waals surface area contributed by atoms with Crippen molar-refractivity contribution in [2.45, 2.75) is 13.3 Å². The summed E-state index contributed by atoms with van der Waals surface area (Å²) in [6, 6.07) is 13.3. The highest BCUT2D eigenvalue weighted by Gasteiger charge is 2.14. The van der Waals surface area contributed by atoms with Gasteiger partial charge in [-0.2, -0.15) is 0 Å². The maximum Gasteiger partial charge on any atom is 0.269 e. The Bertz CT molecular complexity index is 1200. The number of aryl methyl sites for hydroxylation is 1. The van der Waals surface area contributed by atoms with Crippen molar-refractivity contribution in [3.05, 3.63) is 86.7 Å². The molecule has 0 aliphatic heterocycles. The van der Waals surface area contributed by atoms with Crippen LogP contribution in [0.1, 0.15) is 26.5 Å². The lowest BCUT2D eigenvalue weighted by Crippen LogP contribution is -2.12. The molecule has 0 bridgehead atoms. The number of carbonyl (C=O) groups is 1. The number of amides is 1. The zero-order valence-corrected chi connectivity index (χ0v) is 16.5. The standard InChI is InChI=1S/C19H15N7O3S/c1-12-17(9-13-5-7-15(8-6-13)26(28)29)30-19(21-12)22-18(27)14-3-2-4-16(10-14)25-11-20-23-24-25/h2-8,10-11H,9H2,1H3,(H,21,22,27). The summed E-state index contributed by atoms with van der Waals surface area (Å²) in [5.74, 6) is -0.291. The summed E-state index contributed by atoms with van der Waals surface area (Å²) < 4.78 is 1.46. The minimum absolute atomic E-state index is 0.0524. The molecule has 0 radical (unpaired) electrons. The largest absolute Gasteiger partial charge is 0.298 e. The predicted octanol–water partition coefficient (Wildman–Crippen LogP) is 3.18. The van der Waals surface area contributed by atoms with E-state index in [0.717, 1.165) is 16.1 Å². The molecule has 0 aliphatic carbocycles. The van der Waals surface area contributed by atoms with Crippen LogP contribution in [0.2, 0.25) is 0 Å². The van der Waals surface area contributed by atoms with Gasteiger partial charge in [0, 0.05) is 29.0 Å².